The molecule has 54 heavy (non-hydrogen) atoms. The summed E-state index contributed by atoms with van der Waals surface area (Å²) in [4.78, 5) is 115. The molecule has 0 spiro atoms. The Hall–Kier alpha value is -5.43. The number of primary amides is 1. The van der Waals surface area contributed by atoms with Gasteiger partial charge in [0.1, 0.15) is 0 Å². The molecule has 19 heteroatoms. The molecule has 0 saturated heterocycles. The van der Waals surface area contributed by atoms with Gasteiger partial charge in [0, 0.05) is 39.6 Å². The Labute approximate surface area is 315 Å². The summed E-state index contributed by atoms with van der Waals surface area (Å²) < 4.78 is 5.15. The molecule has 0 heterocycles. The number of carbonyl (C=O) groups excluding carboxylic acids is 9. The number of nitrogens with two attached hydrogens (primary N) is 2. The van der Waals surface area contributed by atoms with Crippen molar-refractivity contribution in [2.45, 2.75) is 39.5 Å². The van der Waals surface area contributed by atoms with Crippen LogP contribution >= 0.6 is 0 Å². The van der Waals surface area contributed by atoms with Crippen LogP contribution in [0.5, 0.6) is 0 Å². The first-order valence-electron chi connectivity index (χ1n) is 17.5. The fourth-order valence-corrected chi connectivity index (χ4v) is 4.82. The Morgan fingerprint density at radius 2 is 1.15 bits per heavy atom. The molecule has 0 fully saturated rings. The predicted octanol–water partition coefficient (Wildman–Crippen LogP) is -3.16. The molecule has 1 rings (SSSR count). The lowest BCUT2D eigenvalue weighted by atomic mass is 10.0. The zero-order valence-electron chi connectivity index (χ0n) is 31.5. The van der Waals surface area contributed by atoms with Gasteiger partial charge in [-0.3, -0.25) is 43.2 Å². The van der Waals surface area contributed by atoms with Gasteiger partial charge in [0.25, 0.3) is 0 Å². The number of hydrogen-bond donors (Lipinski definition) is 6. The number of Topliss-reactive ketones (excluding diaryl/α,β-unsaturated/α-hetero) is 1. The molecule has 0 aliphatic carbocycles. The van der Waals surface area contributed by atoms with E-state index in [1.165, 1.54) is 21.8 Å². The molecule has 19 nitrogen and oxygen atoms in total. The van der Waals surface area contributed by atoms with Crippen molar-refractivity contribution in [2.75, 3.05) is 85.7 Å². The van der Waals surface area contributed by atoms with Gasteiger partial charge in [0.2, 0.25) is 47.3 Å². The van der Waals surface area contributed by atoms with Crippen LogP contribution in [0, 0.1) is 5.92 Å². The van der Waals surface area contributed by atoms with Crippen LogP contribution in [0.3, 0.4) is 0 Å². The summed E-state index contributed by atoms with van der Waals surface area (Å²) in [5.41, 5.74) is 11.4. The Bertz CT molecular complexity index is 1440. The second-order valence-electron chi connectivity index (χ2n) is 12.9. The standard InChI is InChI=1S/C35H55N9O10/c1-24(2)19-43(33(51)14-36)23-34(52)42(12-13-54-4)22-35(53)44(20-25(3)26-8-6-5-7-9-26)21-32(50)41-18-31(49)40-17-30(48)39-16-29(47)38-15-27(45)10-11-28(37)46/h5-9,24-25H,10-23,36H2,1-4H3,(H2,37,46)(H,38,47)(H,39,48)(H,40,49)(H,41,50)/t25-/m0/s1. The third kappa shape index (κ3) is 20.0. The summed E-state index contributed by atoms with van der Waals surface area (Å²) in [7, 11) is 1.44. The Morgan fingerprint density at radius 3 is 1.67 bits per heavy atom. The zero-order valence-corrected chi connectivity index (χ0v) is 31.5. The average molecular weight is 762 g/mol. The van der Waals surface area contributed by atoms with E-state index < -0.39 is 85.8 Å². The highest BCUT2D eigenvalue weighted by atomic mass is 16.5. The van der Waals surface area contributed by atoms with Crippen LogP contribution < -0.4 is 32.7 Å². The fraction of sp³-hybridized carbons (Fsp3) is 0.571. The molecule has 1 aromatic carbocycles. The van der Waals surface area contributed by atoms with E-state index in [-0.39, 0.29) is 70.6 Å². The molecule has 0 aromatic heterocycles. The number of nitrogens with zero attached hydrogens (tertiary/aromatic N) is 3. The van der Waals surface area contributed by atoms with E-state index in [0.717, 1.165) is 5.56 Å². The van der Waals surface area contributed by atoms with Gasteiger partial charge in [-0.1, -0.05) is 51.1 Å². The van der Waals surface area contributed by atoms with Gasteiger partial charge in [-0.15, -0.1) is 0 Å². The maximum atomic E-state index is 13.8. The number of ketones is 1. The monoisotopic (exact) mass is 761 g/mol. The van der Waals surface area contributed by atoms with Crippen LogP contribution in [-0.4, -0.2) is 153 Å². The zero-order chi connectivity index (χ0) is 40.6. The molecule has 8 amide bonds. The quantitative estimate of drug-likeness (QED) is 0.0548. The molecule has 0 saturated carbocycles. The molecule has 0 unspecified atom stereocenters. The first-order chi connectivity index (χ1) is 25.6. The number of rotatable bonds is 26. The number of methoxy groups -OCH3 is 1. The van der Waals surface area contributed by atoms with Crippen molar-refractivity contribution < 1.29 is 47.9 Å². The SMILES string of the molecule is COCCN(CC(=O)N(CC(=O)NCC(=O)NCC(=O)NCC(=O)NCC(=O)CCC(N)=O)C[C@H](C)c1ccccc1)C(=O)CN(CC(C)C)C(=O)CN. The molecule has 0 aliphatic heterocycles. The molecular formula is C35H55N9O10. The molecular weight excluding hydrogens is 706 g/mol. The maximum Gasteiger partial charge on any atom is 0.242 e. The number of hydrogen-bond acceptors (Lipinski definition) is 11. The minimum Gasteiger partial charge on any atom is -0.383 e. The second-order valence-corrected chi connectivity index (χ2v) is 12.9. The minimum absolute atomic E-state index is 0.0399. The lowest BCUT2D eigenvalue weighted by Crippen LogP contribution is -2.51. The van der Waals surface area contributed by atoms with Gasteiger partial charge < -0.3 is 52.2 Å². The summed E-state index contributed by atoms with van der Waals surface area (Å²) in [5, 5.41) is 9.27. The van der Waals surface area contributed by atoms with E-state index in [9.17, 15) is 43.2 Å². The number of nitrogens with one attached hydrogen (secondary N) is 4. The van der Waals surface area contributed by atoms with Crippen molar-refractivity contribution >= 4 is 53.0 Å². The maximum absolute atomic E-state index is 13.8. The molecule has 0 aliphatic rings. The van der Waals surface area contributed by atoms with E-state index in [1.54, 1.807) is 0 Å². The number of amides is 8. The van der Waals surface area contributed by atoms with Gasteiger partial charge in [-0.25, -0.2) is 0 Å². The summed E-state index contributed by atoms with van der Waals surface area (Å²) in [6.45, 7) is 2.86. The van der Waals surface area contributed by atoms with E-state index in [4.69, 9.17) is 16.2 Å². The first-order valence-corrected chi connectivity index (χ1v) is 17.5. The smallest absolute Gasteiger partial charge is 0.242 e. The highest BCUT2D eigenvalue weighted by molar-refractivity contribution is 5.93. The van der Waals surface area contributed by atoms with E-state index in [1.807, 2.05) is 51.1 Å². The van der Waals surface area contributed by atoms with Crippen molar-refractivity contribution in [3.8, 4) is 0 Å². The van der Waals surface area contributed by atoms with Crippen molar-refractivity contribution in [1.29, 1.82) is 0 Å². The molecule has 0 bridgehead atoms. The second kappa shape index (κ2) is 25.5. The van der Waals surface area contributed by atoms with Crippen molar-refractivity contribution in [2.24, 2.45) is 17.4 Å². The number of ether oxygens (including phenoxy) is 1. The summed E-state index contributed by atoms with van der Waals surface area (Å²) in [6.07, 6.45) is -0.275. The average Bonchev–Trinajstić information content (AvgIpc) is 3.14. The summed E-state index contributed by atoms with van der Waals surface area (Å²) >= 11 is 0. The van der Waals surface area contributed by atoms with Gasteiger partial charge in [0.15, 0.2) is 5.78 Å². The first kappa shape index (κ1) is 46.6. The van der Waals surface area contributed by atoms with Gasteiger partial charge >= 0.3 is 0 Å². The van der Waals surface area contributed by atoms with E-state index >= 15 is 0 Å². The molecule has 0 radical (unpaired) electrons. The highest BCUT2D eigenvalue weighted by Crippen LogP contribution is 2.16. The third-order valence-electron chi connectivity index (χ3n) is 7.70. The van der Waals surface area contributed by atoms with Crippen molar-refractivity contribution in [3.05, 3.63) is 35.9 Å². The van der Waals surface area contributed by atoms with E-state index in [0.29, 0.717) is 0 Å². The van der Waals surface area contributed by atoms with Crippen LogP contribution in [0.4, 0.5) is 0 Å². The summed E-state index contributed by atoms with van der Waals surface area (Å²) in [6, 6.07) is 9.28. The Morgan fingerprint density at radius 1 is 0.648 bits per heavy atom. The topological polar surface area (TPSA) is 273 Å². The molecule has 8 N–H and O–H groups in total. The van der Waals surface area contributed by atoms with Crippen molar-refractivity contribution in [3.63, 3.8) is 0 Å². The largest absolute Gasteiger partial charge is 0.383 e. The highest BCUT2D eigenvalue weighted by Gasteiger charge is 2.27. The predicted molar refractivity (Wildman–Crippen MR) is 196 cm³/mol. The Kier molecular flexibility index (Phi) is 22.0. The lowest BCUT2D eigenvalue weighted by Gasteiger charge is -2.31. The normalized spacial score (nSPS) is 11.1. The van der Waals surface area contributed by atoms with Crippen molar-refractivity contribution in [1.82, 2.24) is 36.0 Å². The summed E-state index contributed by atoms with van der Waals surface area (Å²) in [5.74, 6) is -5.51. The van der Waals surface area contributed by atoms with Crippen LogP contribution in [0.1, 0.15) is 45.1 Å². The molecule has 300 valence electrons. The number of benzene rings is 1. The van der Waals surface area contributed by atoms with Crippen LogP contribution in [0.2, 0.25) is 0 Å². The van der Waals surface area contributed by atoms with Gasteiger partial charge in [0.05, 0.1) is 59.0 Å². The third-order valence-corrected chi connectivity index (χ3v) is 7.70. The Balaban J connectivity index is 2.84. The van der Waals surface area contributed by atoms with Crippen LogP contribution in [0.15, 0.2) is 30.3 Å². The van der Waals surface area contributed by atoms with Gasteiger partial charge in [-0.05, 0) is 17.4 Å². The molecule has 1 atom stereocenters. The lowest BCUT2D eigenvalue weighted by molar-refractivity contribution is -0.145. The molecule has 1 aromatic rings. The fourth-order valence-electron chi connectivity index (χ4n) is 4.82. The number of carbonyl (C=O) groups is 9. The van der Waals surface area contributed by atoms with E-state index in [2.05, 4.69) is 21.3 Å². The minimum atomic E-state index is -0.729. The van der Waals surface area contributed by atoms with Crippen LogP contribution in [-0.2, 0) is 47.9 Å². The van der Waals surface area contributed by atoms with Gasteiger partial charge in [-0.2, -0.15) is 0 Å². The van der Waals surface area contributed by atoms with Crippen LogP contribution in [0.25, 0.3) is 0 Å².